The van der Waals surface area contributed by atoms with E-state index < -0.39 is 17.6 Å². The van der Waals surface area contributed by atoms with Crippen molar-refractivity contribution in [2.24, 2.45) is 7.05 Å². The second-order valence-electron chi connectivity index (χ2n) is 3.89. The van der Waals surface area contributed by atoms with E-state index in [0.29, 0.717) is 0 Å². The maximum Gasteiger partial charge on any atom is 0.418 e. The molecule has 1 N–H and O–H groups in total. The van der Waals surface area contributed by atoms with E-state index in [2.05, 4.69) is 10.3 Å². The molecule has 0 fully saturated rings. The summed E-state index contributed by atoms with van der Waals surface area (Å²) in [6.07, 6.45) is -1.84. The maximum absolute atomic E-state index is 12.8. The van der Waals surface area contributed by atoms with E-state index in [0.717, 1.165) is 6.07 Å². The van der Waals surface area contributed by atoms with Crippen molar-refractivity contribution < 1.29 is 18.0 Å². The third kappa shape index (κ3) is 2.75. The quantitative estimate of drug-likeness (QED) is 0.911. The molecule has 0 aliphatic rings. The van der Waals surface area contributed by atoms with Crippen molar-refractivity contribution in [3.8, 4) is 0 Å². The van der Waals surface area contributed by atoms with Crippen LogP contribution in [0.15, 0.2) is 36.8 Å². The minimum Gasteiger partial charge on any atom is -0.330 e. The number of carbonyl (C=O) groups excluding carboxylic acids is 1. The predicted octanol–water partition coefficient (Wildman–Crippen LogP) is 2.69. The monoisotopic (exact) mass is 269 g/mol. The van der Waals surface area contributed by atoms with Crippen LogP contribution in [0.2, 0.25) is 0 Å². The van der Waals surface area contributed by atoms with Crippen LogP contribution in [0.4, 0.5) is 18.9 Å². The van der Waals surface area contributed by atoms with Gasteiger partial charge in [0, 0.05) is 7.05 Å². The van der Waals surface area contributed by atoms with Gasteiger partial charge in [-0.3, -0.25) is 4.79 Å². The van der Waals surface area contributed by atoms with Crippen molar-refractivity contribution in [3.05, 3.63) is 48.0 Å². The molecule has 19 heavy (non-hydrogen) atoms. The van der Waals surface area contributed by atoms with Crippen molar-refractivity contribution in [2.45, 2.75) is 6.18 Å². The number of anilines is 1. The first-order chi connectivity index (χ1) is 8.89. The van der Waals surface area contributed by atoms with Gasteiger partial charge in [-0.05, 0) is 12.1 Å². The highest BCUT2D eigenvalue weighted by molar-refractivity contribution is 6.03. The first-order valence-corrected chi connectivity index (χ1v) is 5.33. The fraction of sp³-hybridized carbons (Fsp3) is 0.167. The number of imidazole rings is 1. The van der Waals surface area contributed by atoms with E-state index in [4.69, 9.17) is 0 Å². The predicted molar refractivity (Wildman–Crippen MR) is 62.6 cm³/mol. The Balaban J connectivity index is 2.30. The van der Waals surface area contributed by atoms with Gasteiger partial charge in [-0.1, -0.05) is 12.1 Å². The summed E-state index contributed by atoms with van der Waals surface area (Å²) in [7, 11) is 1.58. The lowest BCUT2D eigenvalue weighted by Gasteiger charge is -2.13. The highest BCUT2D eigenvalue weighted by atomic mass is 19.4. The molecule has 1 amide bonds. The number of aromatic nitrogens is 2. The molecule has 0 aliphatic heterocycles. The summed E-state index contributed by atoms with van der Waals surface area (Å²) in [6, 6.07) is 4.81. The Bertz CT molecular complexity index is 604. The molecule has 0 saturated carbocycles. The molecule has 0 radical (unpaired) electrons. The van der Waals surface area contributed by atoms with E-state index in [9.17, 15) is 18.0 Å². The van der Waals surface area contributed by atoms with E-state index in [1.54, 1.807) is 7.05 Å². The number of hydrogen-bond donors (Lipinski definition) is 1. The molecule has 0 spiro atoms. The summed E-state index contributed by atoms with van der Waals surface area (Å²) >= 11 is 0. The molecular weight excluding hydrogens is 259 g/mol. The van der Waals surface area contributed by atoms with Crippen LogP contribution in [-0.4, -0.2) is 15.5 Å². The number of halogens is 3. The molecule has 2 rings (SSSR count). The summed E-state index contributed by atoms with van der Waals surface area (Å²) in [5.41, 5.74) is -0.983. The van der Waals surface area contributed by atoms with Crippen LogP contribution in [0.25, 0.3) is 0 Å². The van der Waals surface area contributed by atoms with Crippen LogP contribution in [0.1, 0.15) is 16.1 Å². The van der Waals surface area contributed by atoms with Gasteiger partial charge < -0.3 is 9.88 Å². The van der Waals surface area contributed by atoms with Crippen LogP contribution in [0.5, 0.6) is 0 Å². The lowest BCUT2D eigenvalue weighted by Crippen LogP contribution is -2.18. The summed E-state index contributed by atoms with van der Waals surface area (Å²) in [5.74, 6) is -0.642. The molecule has 1 heterocycles. The smallest absolute Gasteiger partial charge is 0.330 e. The van der Waals surface area contributed by atoms with E-state index >= 15 is 0 Å². The molecule has 4 nitrogen and oxygen atoms in total. The number of aryl methyl sites for hydroxylation is 1. The third-order valence-electron chi connectivity index (χ3n) is 2.53. The van der Waals surface area contributed by atoms with Gasteiger partial charge in [0.15, 0.2) is 0 Å². The normalized spacial score (nSPS) is 11.4. The lowest BCUT2D eigenvalue weighted by atomic mass is 10.1. The minimum absolute atomic E-state index is 0.178. The molecule has 2 aromatic rings. The first-order valence-electron chi connectivity index (χ1n) is 5.33. The largest absolute Gasteiger partial charge is 0.418 e. The topological polar surface area (TPSA) is 46.9 Å². The Labute approximate surface area is 106 Å². The zero-order valence-electron chi connectivity index (χ0n) is 9.90. The lowest BCUT2D eigenvalue weighted by molar-refractivity contribution is -0.136. The number of nitrogens with one attached hydrogen (secondary N) is 1. The maximum atomic E-state index is 12.8. The number of nitrogens with zero attached hydrogens (tertiary/aromatic N) is 2. The van der Waals surface area contributed by atoms with Gasteiger partial charge in [0.05, 0.1) is 23.8 Å². The van der Waals surface area contributed by atoms with Crippen molar-refractivity contribution in [2.75, 3.05) is 5.32 Å². The average Bonchev–Trinajstić information content (AvgIpc) is 2.75. The zero-order chi connectivity index (χ0) is 14.0. The zero-order valence-corrected chi connectivity index (χ0v) is 9.90. The Kier molecular flexibility index (Phi) is 3.28. The van der Waals surface area contributed by atoms with Crippen LogP contribution in [0.3, 0.4) is 0 Å². The molecule has 7 heteroatoms. The van der Waals surface area contributed by atoms with E-state index in [1.165, 1.54) is 35.3 Å². The van der Waals surface area contributed by atoms with Crippen molar-refractivity contribution in [1.29, 1.82) is 0 Å². The number of hydrogen-bond acceptors (Lipinski definition) is 2. The van der Waals surface area contributed by atoms with Gasteiger partial charge in [-0.25, -0.2) is 4.98 Å². The molecule has 1 aromatic carbocycles. The third-order valence-corrected chi connectivity index (χ3v) is 2.53. The Morgan fingerprint density at radius 3 is 2.58 bits per heavy atom. The van der Waals surface area contributed by atoms with E-state index in [1.807, 2.05) is 0 Å². The van der Waals surface area contributed by atoms with Crippen molar-refractivity contribution in [3.63, 3.8) is 0 Å². The minimum atomic E-state index is -4.52. The van der Waals surface area contributed by atoms with Crippen LogP contribution >= 0.6 is 0 Å². The molecule has 1 aromatic heterocycles. The summed E-state index contributed by atoms with van der Waals surface area (Å²) < 4.78 is 39.7. The number of benzene rings is 1. The number of rotatable bonds is 2. The molecule has 100 valence electrons. The van der Waals surface area contributed by atoms with E-state index in [-0.39, 0.29) is 11.4 Å². The average molecular weight is 269 g/mol. The van der Waals surface area contributed by atoms with Gasteiger partial charge in [0.1, 0.15) is 5.69 Å². The van der Waals surface area contributed by atoms with Gasteiger partial charge in [-0.2, -0.15) is 13.2 Å². The van der Waals surface area contributed by atoms with Crippen LogP contribution in [0, 0.1) is 0 Å². The molecule has 0 atom stereocenters. The highest BCUT2D eigenvalue weighted by Gasteiger charge is 2.33. The van der Waals surface area contributed by atoms with Gasteiger partial charge in [0.25, 0.3) is 5.91 Å². The van der Waals surface area contributed by atoms with Gasteiger partial charge in [-0.15, -0.1) is 0 Å². The van der Waals surface area contributed by atoms with Crippen LogP contribution in [-0.2, 0) is 13.2 Å². The summed E-state index contributed by atoms with van der Waals surface area (Å²) in [4.78, 5) is 15.6. The Hall–Kier alpha value is -2.31. The number of amides is 1. The summed E-state index contributed by atoms with van der Waals surface area (Å²) in [6.45, 7) is 0. The summed E-state index contributed by atoms with van der Waals surface area (Å²) in [5, 5.41) is 2.24. The van der Waals surface area contributed by atoms with Crippen molar-refractivity contribution >= 4 is 11.6 Å². The van der Waals surface area contributed by atoms with Gasteiger partial charge >= 0.3 is 6.18 Å². The fourth-order valence-corrected chi connectivity index (χ4v) is 1.60. The molecule has 0 unspecified atom stereocenters. The first kappa shape index (κ1) is 13.1. The van der Waals surface area contributed by atoms with Gasteiger partial charge in [0.2, 0.25) is 0 Å². The molecular formula is C12H10F3N3O. The van der Waals surface area contributed by atoms with Crippen molar-refractivity contribution in [1.82, 2.24) is 9.55 Å². The Morgan fingerprint density at radius 2 is 2.00 bits per heavy atom. The van der Waals surface area contributed by atoms with Crippen LogP contribution < -0.4 is 5.32 Å². The molecule has 0 saturated heterocycles. The second kappa shape index (κ2) is 4.75. The molecule has 0 aliphatic carbocycles. The SMILES string of the molecule is Cn1cncc1C(=O)Nc1ccccc1C(F)(F)F. The standard InChI is InChI=1S/C12H10F3N3O/c1-18-7-16-6-10(18)11(19)17-9-5-3-2-4-8(9)12(13,14)15/h2-7H,1H3,(H,17,19). The Morgan fingerprint density at radius 1 is 1.32 bits per heavy atom. The highest BCUT2D eigenvalue weighted by Crippen LogP contribution is 2.34. The number of para-hydroxylation sites is 1. The molecule has 0 bridgehead atoms. The second-order valence-corrected chi connectivity index (χ2v) is 3.89. The number of carbonyl (C=O) groups is 1. The number of alkyl halides is 3. The fourth-order valence-electron chi connectivity index (χ4n) is 1.60.